The van der Waals surface area contributed by atoms with Crippen molar-refractivity contribution in [2.75, 3.05) is 5.33 Å². The summed E-state index contributed by atoms with van der Waals surface area (Å²) < 4.78 is 0. The Bertz CT molecular complexity index is 545. The second-order valence-electron chi connectivity index (χ2n) is 4.90. The van der Waals surface area contributed by atoms with Crippen LogP contribution in [0.15, 0.2) is 60.7 Å². The van der Waals surface area contributed by atoms with Gasteiger partial charge in [0.1, 0.15) is 5.41 Å². The Balaban J connectivity index is 2.63. The van der Waals surface area contributed by atoms with E-state index in [1.807, 2.05) is 60.7 Å². The predicted octanol–water partition coefficient (Wildman–Crippen LogP) is 4.61. The first-order chi connectivity index (χ1) is 10.1. The fourth-order valence-corrected chi connectivity index (χ4v) is 3.28. The van der Waals surface area contributed by atoms with E-state index in [2.05, 4.69) is 31.9 Å². The normalized spacial score (nSPS) is 12.9. The predicted molar refractivity (Wildman–Crippen MR) is 92.4 cm³/mol. The highest BCUT2D eigenvalue weighted by molar-refractivity contribution is 9.12. The molecule has 0 fully saturated rings. The molecule has 110 valence electrons. The number of carbonyl (C=O) groups is 1. The van der Waals surface area contributed by atoms with Gasteiger partial charge in [-0.1, -0.05) is 92.5 Å². The molecule has 1 N–H and O–H groups in total. The quantitative estimate of drug-likeness (QED) is 0.705. The molecule has 2 rings (SSSR count). The largest absolute Gasteiger partial charge is 0.480 e. The van der Waals surface area contributed by atoms with E-state index in [1.165, 1.54) is 0 Å². The van der Waals surface area contributed by atoms with Gasteiger partial charge in [-0.15, -0.1) is 0 Å². The zero-order valence-corrected chi connectivity index (χ0v) is 14.5. The Morgan fingerprint density at radius 3 is 1.76 bits per heavy atom. The Morgan fingerprint density at radius 1 is 1.00 bits per heavy atom. The van der Waals surface area contributed by atoms with Gasteiger partial charge in [-0.25, -0.2) is 0 Å². The van der Waals surface area contributed by atoms with Crippen molar-refractivity contribution in [2.45, 2.75) is 16.7 Å². The van der Waals surface area contributed by atoms with E-state index in [4.69, 9.17) is 0 Å². The Labute approximate surface area is 141 Å². The zero-order chi connectivity index (χ0) is 15.3. The van der Waals surface area contributed by atoms with Crippen molar-refractivity contribution in [3.8, 4) is 0 Å². The lowest BCUT2D eigenvalue weighted by atomic mass is 9.71. The van der Waals surface area contributed by atoms with Crippen molar-refractivity contribution in [1.29, 1.82) is 0 Å². The van der Waals surface area contributed by atoms with Crippen LogP contribution in [0.4, 0.5) is 0 Å². The number of rotatable bonds is 6. The lowest BCUT2D eigenvalue weighted by Crippen LogP contribution is -2.39. The lowest BCUT2D eigenvalue weighted by molar-refractivity contribution is -0.142. The van der Waals surface area contributed by atoms with Crippen molar-refractivity contribution >= 4 is 37.8 Å². The summed E-state index contributed by atoms with van der Waals surface area (Å²) in [6.45, 7) is 0. The molecule has 0 saturated heterocycles. The van der Waals surface area contributed by atoms with E-state index >= 15 is 0 Å². The molecule has 0 aromatic heterocycles. The van der Waals surface area contributed by atoms with Crippen LogP contribution in [0, 0.1) is 0 Å². The van der Waals surface area contributed by atoms with Crippen LogP contribution in [-0.4, -0.2) is 21.2 Å². The molecular formula is C17H16Br2O2. The molecule has 1 atom stereocenters. The molecule has 0 saturated carbocycles. The number of carboxylic acid groups (broad SMARTS) is 1. The third-order valence-electron chi connectivity index (χ3n) is 3.59. The number of hydrogen-bond acceptors (Lipinski definition) is 1. The van der Waals surface area contributed by atoms with Gasteiger partial charge in [0.05, 0.1) is 0 Å². The average molecular weight is 412 g/mol. The topological polar surface area (TPSA) is 37.3 Å². The highest BCUT2D eigenvalue weighted by Crippen LogP contribution is 2.39. The van der Waals surface area contributed by atoms with Crippen LogP contribution in [0.2, 0.25) is 0 Å². The molecule has 1 unspecified atom stereocenters. The average Bonchev–Trinajstić information content (AvgIpc) is 2.53. The van der Waals surface area contributed by atoms with Gasteiger partial charge in [0.15, 0.2) is 0 Å². The highest BCUT2D eigenvalue weighted by Gasteiger charge is 2.43. The summed E-state index contributed by atoms with van der Waals surface area (Å²) in [7, 11) is 0. The summed E-state index contributed by atoms with van der Waals surface area (Å²) in [6.07, 6.45) is 0.474. The van der Waals surface area contributed by atoms with Crippen molar-refractivity contribution in [2.24, 2.45) is 0 Å². The highest BCUT2D eigenvalue weighted by atomic mass is 79.9. The molecule has 2 nitrogen and oxygen atoms in total. The van der Waals surface area contributed by atoms with Crippen molar-refractivity contribution in [3.63, 3.8) is 0 Å². The molecular weight excluding hydrogens is 396 g/mol. The smallest absolute Gasteiger partial charge is 0.318 e. The minimum atomic E-state index is -1.05. The van der Waals surface area contributed by atoms with Gasteiger partial charge in [0.2, 0.25) is 0 Å². The third-order valence-corrected chi connectivity index (χ3v) is 5.89. The number of aliphatic carboxylic acids is 1. The summed E-state index contributed by atoms with van der Waals surface area (Å²) in [5.74, 6) is -0.828. The van der Waals surface area contributed by atoms with E-state index in [0.29, 0.717) is 11.8 Å². The van der Waals surface area contributed by atoms with Gasteiger partial charge in [0, 0.05) is 10.2 Å². The summed E-state index contributed by atoms with van der Waals surface area (Å²) in [5.41, 5.74) is 0.549. The van der Waals surface area contributed by atoms with Crippen LogP contribution in [0.3, 0.4) is 0 Å². The van der Waals surface area contributed by atoms with Crippen LogP contribution in [0.25, 0.3) is 0 Å². The molecule has 0 spiro atoms. The maximum atomic E-state index is 12.2. The summed E-state index contributed by atoms with van der Waals surface area (Å²) in [4.78, 5) is 12.3. The van der Waals surface area contributed by atoms with E-state index in [0.717, 1.165) is 11.1 Å². The molecule has 0 amide bonds. The summed E-state index contributed by atoms with van der Waals surface area (Å²) in [5, 5.41) is 10.7. The van der Waals surface area contributed by atoms with Crippen molar-refractivity contribution < 1.29 is 9.90 Å². The molecule has 0 aliphatic rings. The zero-order valence-electron chi connectivity index (χ0n) is 11.4. The fraction of sp³-hybridized carbons (Fsp3) is 0.235. The van der Waals surface area contributed by atoms with E-state index < -0.39 is 11.4 Å². The molecule has 4 heteroatoms. The first-order valence-electron chi connectivity index (χ1n) is 6.65. The van der Waals surface area contributed by atoms with Gasteiger partial charge in [-0.05, 0) is 17.5 Å². The van der Waals surface area contributed by atoms with Gasteiger partial charge in [-0.2, -0.15) is 0 Å². The first-order valence-corrected chi connectivity index (χ1v) is 8.69. The van der Waals surface area contributed by atoms with E-state index in [9.17, 15) is 9.90 Å². The van der Waals surface area contributed by atoms with Crippen LogP contribution in [0.5, 0.6) is 0 Å². The lowest BCUT2D eigenvalue weighted by Gasteiger charge is -2.32. The van der Waals surface area contributed by atoms with Crippen LogP contribution in [0.1, 0.15) is 17.5 Å². The number of hydrogen-bond donors (Lipinski definition) is 1. The van der Waals surface area contributed by atoms with Gasteiger partial charge in [-0.3, -0.25) is 4.79 Å². The SMILES string of the molecule is O=C(O)C(CC(Br)CBr)(c1ccccc1)c1ccccc1. The number of alkyl halides is 2. The minimum absolute atomic E-state index is 0.0639. The van der Waals surface area contributed by atoms with Gasteiger partial charge >= 0.3 is 5.97 Å². The Kier molecular flexibility index (Phi) is 5.59. The summed E-state index contributed by atoms with van der Waals surface area (Å²) in [6, 6.07) is 18.9. The molecule has 0 heterocycles. The molecule has 0 aliphatic carbocycles. The van der Waals surface area contributed by atoms with Crippen LogP contribution < -0.4 is 0 Å². The van der Waals surface area contributed by atoms with E-state index in [-0.39, 0.29) is 4.83 Å². The standard InChI is InChI=1S/C17H16Br2O2/c18-12-15(19)11-17(16(20)21,13-7-3-1-4-8-13)14-9-5-2-6-10-14/h1-10,15H,11-12H2,(H,20,21). The minimum Gasteiger partial charge on any atom is -0.480 e. The number of halogens is 2. The molecule has 2 aromatic rings. The maximum absolute atomic E-state index is 12.2. The molecule has 2 aromatic carbocycles. The molecule has 0 bridgehead atoms. The Morgan fingerprint density at radius 2 is 1.43 bits per heavy atom. The second-order valence-corrected chi connectivity index (χ2v) is 6.84. The second kappa shape index (κ2) is 7.23. The van der Waals surface area contributed by atoms with Crippen LogP contribution in [-0.2, 0) is 10.2 Å². The first kappa shape index (κ1) is 16.2. The third kappa shape index (κ3) is 3.38. The number of benzene rings is 2. The number of carboxylic acids is 1. The molecule has 0 radical (unpaired) electrons. The molecule has 0 aliphatic heterocycles. The summed E-state index contributed by atoms with van der Waals surface area (Å²) >= 11 is 6.99. The van der Waals surface area contributed by atoms with Gasteiger partial charge in [0.25, 0.3) is 0 Å². The van der Waals surface area contributed by atoms with Crippen molar-refractivity contribution in [3.05, 3.63) is 71.8 Å². The fourth-order valence-electron chi connectivity index (χ4n) is 2.57. The van der Waals surface area contributed by atoms with Crippen molar-refractivity contribution in [1.82, 2.24) is 0 Å². The van der Waals surface area contributed by atoms with E-state index in [1.54, 1.807) is 0 Å². The van der Waals surface area contributed by atoms with Crippen LogP contribution >= 0.6 is 31.9 Å². The Hall–Kier alpha value is -1.13. The maximum Gasteiger partial charge on any atom is 0.318 e. The molecule has 21 heavy (non-hydrogen) atoms. The van der Waals surface area contributed by atoms with Gasteiger partial charge < -0.3 is 5.11 Å². The monoisotopic (exact) mass is 410 g/mol.